The standard InChI is InChI=1S/C16H28O3/c1-14(2)7-5-8-15(3)11(14)6-9-16(4,19)12(15)10-13(17)18/h11-12,19H,5-10H2,1-4H3,(H,17,18)/t11-,12+,15+,16+/m1/s1. The van der Waals surface area contributed by atoms with E-state index in [0.717, 1.165) is 25.7 Å². The molecule has 2 rings (SSSR count). The van der Waals surface area contributed by atoms with E-state index in [1.54, 1.807) is 0 Å². The molecule has 0 spiro atoms. The lowest BCUT2D eigenvalue weighted by Gasteiger charge is -2.61. The molecule has 0 aromatic carbocycles. The van der Waals surface area contributed by atoms with Crippen molar-refractivity contribution in [1.82, 2.24) is 0 Å². The summed E-state index contributed by atoms with van der Waals surface area (Å²) in [6, 6.07) is 0. The molecule has 3 nitrogen and oxygen atoms in total. The van der Waals surface area contributed by atoms with Gasteiger partial charge < -0.3 is 10.2 Å². The summed E-state index contributed by atoms with van der Waals surface area (Å²) in [4.78, 5) is 11.2. The van der Waals surface area contributed by atoms with Crippen molar-refractivity contribution in [2.45, 2.75) is 71.8 Å². The van der Waals surface area contributed by atoms with Crippen molar-refractivity contribution in [2.24, 2.45) is 22.7 Å². The maximum absolute atomic E-state index is 11.2. The van der Waals surface area contributed by atoms with Crippen molar-refractivity contribution in [2.75, 3.05) is 0 Å². The van der Waals surface area contributed by atoms with Gasteiger partial charge in [-0.15, -0.1) is 0 Å². The molecule has 19 heavy (non-hydrogen) atoms. The maximum Gasteiger partial charge on any atom is 0.303 e. The van der Waals surface area contributed by atoms with Crippen LogP contribution in [0.1, 0.15) is 66.2 Å². The Morgan fingerprint density at radius 2 is 1.79 bits per heavy atom. The van der Waals surface area contributed by atoms with E-state index < -0.39 is 11.6 Å². The molecule has 4 atom stereocenters. The number of carboxylic acid groups (broad SMARTS) is 1. The lowest BCUT2D eigenvalue weighted by molar-refractivity contribution is -0.178. The monoisotopic (exact) mass is 268 g/mol. The molecule has 0 aliphatic heterocycles. The van der Waals surface area contributed by atoms with Gasteiger partial charge in [-0.25, -0.2) is 0 Å². The van der Waals surface area contributed by atoms with Crippen LogP contribution in [0.15, 0.2) is 0 Å². The van der Waals surface area contributed by atoms with Crippen LogP contribution < -0.4 is 0 Å². The summed E-state index contributed by atoms with van der Waals surface area (Å²) in [5, 5.41) is 19.9. The van der Waals surface area contributed by atoms with E-state index in [0.29, 0.717) is 5.92 Å². The molecule has 0 aromatic heterocycles. The average Bonchev–Trinajstić information content (AvgIpc) is 2.22. The van der Waals surface area contributed by atoms with Crippen molar-refractivity contribution in [1.29, 1.82) is 0 Å². The fraction of sp³-hybridized carbons (Fsp3) is 0.938. The van der Waals surface area contributed by atoms with Crippen molar-refractivity contribution < 1.29 is 15.0 Å². The molecule has 0 bridgehead atoms. The van der Waals surface area contributed by atoms with E-state index in [1.807, 2.05) is 6.92 Å². The Morgan fingerprint density at radius 3 is 2.37 bits per heavy atom. The summed E-state index contributed by atoms with van der Waals surface area (Å²) < 4.78 is 0. The minimum atomic E-state index is -0.836. The van der Waals surface area contributed by atoms with Gasteiger partial charge in [-0.1, -0.05) is 27.2 Å². The van der Waals surface area contributed by atoms with E-state index in [2.05, 4.69) is 20.8 Å². The molecule has 2 N–H and O–H groups in total. The number of carboxylic acids is 1. The fourth-order valence-electron chi connectivity index (χ4n) is 5.25. The zero-order chi connectivity index (χ0) is 14.5. The maximum atomic E-state index is 11.2. The van der Waals surface area contributed by atoms with Gasteiger partial charge in [0.1, 0.15) is 0 Å². The fourth-order valence-corrected chi connectivity index (χ4v) is 5.25. The summed E-state index contributed by atoms with van der Waals surface area (Å²) in [7, 11) is 0. The number of rotatable bonds is 2. The van der Waals surface area contributed by atoms with Crippen molar-refractivity contribution in [3.63, 3.8) is 0 Å². The summed E-state index contributed by atoms with van der Waals surface area (Å²) in [5.74, 6) is -0.385. The SMILES string of the molecule is CC1(C)CCC[C@@]2(C)[C@@H]1CC[C@](C)(O)[C@H]2CC(=O)O. The number of aliphatic hydroxyl groups is 1. The molecule has 0 amide bonds. The summed E-state index contributed by atoms with van der Waals surface area (Å²) >= 11 is 0. The third kappa shape index (κ3) is 2.42. The van der Waals surface area contributed by atoms with E-state index in [-0.39, 0.29) is 23.2 Å². The molecule has 0 radical (unpaired) electrons. The molecule has 3 heteroatoms. The Bertz CT molecular complexity index is 372. The summed E-state index contributed by atoms with van der Waals surface area (Å²) in [5.41, 5.74) is -0.612. The van der Waals surface area contributed by atoms with Gasteiger partial charge in [0.05, 0.1) is 12.0 Å². The Labute approximate surface area is 116 Å². The van der Waals surface area contributed by atoms with Crippen LogP contribution in [0, 0.1) is 22.7 Å². The Kier molecular flexibility index (Phi) is 3.49. The van der Waals surface area contributed by atoms with E-state index in [1.165, 1.54) is 6.42 Å². The molecular weight excluding hydrogens is 240 g/mol. The largest absolute Gasteiger partial charge is 0.481 e. The first kappa shape index (κ1) is 14.8. The van der Waals surface area contributed by atoms with Gasteiger partial charge in [0, 0.05) is 5.92 Å². The second-order valence-electron chi connectivity index (χ2n) is 7.95. The number of aliphatic carboxylic acids is 1. The van der Waals surface area contributed by atoms with Crippen molar-refractivity contribution in [3.05, 3.63) is 0 Å². The van der Waals surface area contributed by atoms with Gasteiger partial charge in [0.2, 0.25) is 0 Å². The highest BCUT2D eigenvalue weighted by Crippen LogP contribution is 2.62. The minimum Gasteiger partial charge on any atom is -0.481 e. The molecule has 0 heterocycles. The van der Waals surface area contributed by atoms with Gasteiger partial charge in [-0.3, -0.25) is 4.79 Å². The second-order valence-corrected chi connectivity index (χ2v) is 7.95. The number of carbonyl (C=O) groups is 1. The van der Waals surface area contributed by atoms with Gasteiger partial charge in [-0.2, -0.15) is 0 Å². The van der Waals surface area contributed by atoms with E-state index >= 15 is 0 Å². The van der Waals surface area contributed by atoms with Crippen LogP contribution in [0.3, 0.4) is 0 Å². The highest BCUT2D eigenvalue weighted by Gasteiger charge is 2.58. The summed E-state index contributed by atoms with van der Waals surface area (Å²) in [6.45, 7) is 8.68. The quantitative estimate of drug-likeness (QED) is 0.806. The zero-order valence-corrected chi connectivity index (χ0v) is 12.7. The van der Waals surface area contributed by atoms with Gasteiger partial charge in [-0.05, 0) is 49.4 Å². The topological polar surface area (TPSA) is 57.5 Å². The Balaban J connectivity index is 2.38. The summed E-state index contributed by atoms with van der Waals surface area (Å²) in [6.07, 6.45) is 5.26. The van der Waals surface area contributed by atoms with Crippen molar-refractivity contribution >= 4 is 5.97 Å². The predicted molar refractivity (Wildman–Crippen MR) is 74.8 cm³/mol. The van der Waals surface area contributed by atoms with Crippen LogP contribution in [-0.4, -0.2) is 21.8 Å². The van der Waals surface area contributed by atoms with Gasteiger partial charge in [0.25, 0.3) is 0 Å². The second kappa shape index (κ2) is 4.47. The van der Waals surface area contributed by atoms with Crippen LogP contribution >= 0.6 is 0 Å². The molecule has 2 saturated carbocycles. The van der Waals surface area contributed by atoms with Crippen LogP contribution in [0.5, 0.6) is 0 Å². The lowest BCUT2D eigenvalue weighted by atomic mass is 9.45. The molecule has 0 aromatic rings. The Hall–Kier alpha value is -0.570. The molecule has 0 unspecified atom stereocenters. The first-order valence-electron chi connectivity index (χ1n) is 7.54. The zero-order valence-electron chi connectivity index (χ0n) is 12.7. The molecule has 2 aliphatic carbocycles. The number of hydrogen-bond acceptors (Lipinski definition) is 2. The molecule has 2 aliphatic rings. The third-order valence-corrected chi connectivity index (χ3v) is 6.14. The van der Waals surface area contributed by atoms with Crippen LogP contribution in [0.25, 0.3) is 0 Å². The molecule has 2 fully saturated rings. The highest BCUT2D eigenvalue weighted by atomic mass is 16.4. The number of hydrogen-bond donors (Lipinski definition) is 2. The van der Waals surface area contributed by atoms with Gasteiger partial charge >= 0.3 is 5.97 Å². The smallest absolute Gasteiger partial charge is 0.303 e. The first-order valence-corrected chi connectivity index (χ1v) is 7.54. The third-order valence-electron chi connectivity index (χ3n) is 6.14. The van der Waals surface area contributed by atoms with Crippen LogP contribution in [0.4, 0.5) is 0 Å². The molecular formula is C16H28O3. The van der Waals surface area contributed by atoms with E-state index in [9.17, 15) is 15.0 Å². The highest BCUT2D eigenvalue weighted by molar-refractivity contribution is 5.67. The van der Waals surface area contributed by atoms with Crippen LogP contribution in [-0.2, 0) is 4.79 Å². The van der Waals surface area contributed by atoms with Crippen molar-refractivity contribution in [3.8, 4) is 0 Å². The lowest BCUT2D eigenvalue weighted by Crippen LogP contribution is -2.58. The van der Waals surface area contributed by atoms with Gasteiger partial charge in [0.15, 0.2) is 0 Å². The number of fused-ring (bicyclic) bond motifs is 1. The minimum absolute atomic E-state index is 0.0398. The molecule has 0 saturated heterocycles. The predicted octanol–water partition coefficient (Wildman–Crippen LogP) is 3.45. The van der Waals surface area contributed by atoms with Crippen LogP contribution in [0.2, 0.25) is 0 Å². The molecule has 110 valence electrons. The first-order chi connectivity index (χ1) is 8.59. The average molecular weight is 268 g/mol. The van der Waals surface area contributed by atoms with E-state index in [4.69, 9.17) is 0 Å². The normalized spacial score (nSPS) is 45.5. The Morgan fingerprint density at radius 1 is 1.16 bits per heavy atom.